The summed E-state index contributed by atoms with van der Waals surface area (Å²) in [7, 11) is 1.28. The highest BCUT2D eigenvalue weighted by molar-refractivity contribution is 6.74. The van der Waals surface area contributed by atoms with Gasteiger partial charge in [-0.25, -0.2) is 0 Å². The van der Waals surface area contributed by atoms with Crippen molar-refractivity contribution < 1.29 is 13.9 Å². The van der Waals surface area contributed by atoms with Gasteiger partial charge in [-0.1, -0.05) is 51.1 Å². The topological polar surface area (TPSA) is 56.4 Å². The fraction of sp³-hybridized carbons (Fsp3) is 0.485. The molecule has 3 aromatic rings. The maximum Gasteiger partial charge on any atom is 0.192 e. The maximum absolute atomic E-state index is 9.20. The van der Waals surface area contributed by atoms with Crippen LogP contribution in [0, 0.1) is 24.2 Å². The van der Waals surface area contributed by atoms with E-state index in [4.69, 9.17) is 13.9 Å². The van der Waals surface area contributed by atoms with Crippen LogP contribution in [0.15, 0.2) is 60.9 Å². The Morgan fingerprint density at radius 3 is 2.18 bits per heavy atom. The van der Waals surface area contributed by atoms with Gasteiger partial charge in [0.1, 0.15) is 11.5 Å². The van der Waals surface area contributed by atoms with Crippen LogP contribution in [-0.2, 0) is 23.8 Å². The van der Waals surface area contributed by atoms with Crippen LogP contribution in [0.1, 0.15) is 62.0 Å². The minimum Gasteiger partial charge on any atom is -0.496 e. The Labute approximate surface area is 236 Å². The van der Waals surface area contributed by atoms with Crippen molar-refractivity contribution in [3.63, 3.8) is 0 Å². The summed E-state index contributed by atoms with van der Waals surface area (Å²) in [5.74, 6) is 1.84. The molecule has 0 aliphatic rings. The molecule has 6 heteroatoms. The number of methoxy groups -OCH3 is 2. The molecule has 1 heterocycles. The molecular weight excluding hydrogens is 500 g/mol. The second-order valence-corrected chi connectivity index (χ2v) is 16.8. The molecule has 3 rings (SSSR count). The van der Waals surface area contributed by atoms with Gasteiger partial charge in [0.05, 0.1) is 32.8 Å². The van der Waals surface area contributed by atoms with Crippen molar-refractivity contribution >= 4 is 8.32 Å². The van der Waals surface area contributed by atoms with Crippen molar-refractivity contribution in [2.75, 3.05) is 14.2 Å². The van der Waals surface area contributed by atoms with Gasteiger partial charge in [0.15, 0.2) is 8.32 Å². The van der Waals surface area contributed by atoms with Gasteiger partial charge in [0.2, 0.25) is 0 Å². The molecule has 0 aliphatic heterocycles. The van der Waals surface area contributed by atoms with Gasteiger partial charge >= 0.3 is 0 Å². The minimum absolute atomic E-state index is 0.0616. The minimum atomic E-state index is -2.14. The molecular formula is C33H46N2O3Si. The smallest absolute Gasteiger partial charge is 0.192 e. The lowest BCUT2D eigenvalue weighted by molar-refractivity contribution is 0.0993. The first-order valence-electron chi connectivity index (χ1n) is 13.9. The molecule has 0 aliphatic carbocycles. The third-order valence-corrected chi connectivity index (χ3v) is 12.6. The van der Waals surface area contributed by atoms with E-state index in [-0.39, 0.29) is 17.1 Å². The zero-order valence-corrected chi connectivity index (χ0v) is 26.1. The molecule has 2 atom stereocenters. The molecule has 0 saturated carbocycles. The number of ether oxygens (including phenoxy) is 2. The SMILES string of the molecule is COc1cc(C(O[Si](C)(C)C(C)(C)C)[C@H](CCCc2ccccc2)Cn2ccc(CC#N)c2)cc(OC)c1C. The molecule has 0 spiro atoms. The summed E-state index contributed by atoms with van der Waals surface area (Å²) in [6, 6.07) is 19.3. The predicted octanol–water partition coefficient (Wildman–Crippen LogP) is 8.28. The average molecular weight is 547 g/mol. The normalized spacial score (nSPS) is 13.5. The molecule has 210 valence electrons. The molecule has 1 aromatic heterocycles. The number of nitrogens with zero attached hydrogens (tertiary/aromatic N) is 2. The van der Waals surface area contributed by atoms with Crippen LogP contribution in [0.25, 0.3) is 0 Å². The zero-order valence-electron chi connectivity index (χ0n) is 25.1. The van der Waals surface area contributed by atoms with Crippen molar-refractivity contribution in [3.05, 3.63) is 83.2 Å². The predicted molar refractivity (Wildman–Crippen MR) is 162 cm³/mol. The Balaban J connectivity index is 2.05. The van der Waals surface area contributed by atoms with Crippen molar-refractivity contribution in [3.8, 4) is 17.6 Å². The molecule has 0 fully saturated rings. The van der Waals surface area contributed by atoms with Crippen molar-refractivity contribution in [2.24, 2.45) is 5.92 Å². The summed E-state index contributed by atoms with van der Waals surface area (Å²) < 4.78 is 21.1. The molecule has 0 amide bonds. The van der Waals surface area contributed by atoms with Gasteiger partial charge in [-0.05, 0) is 79.2 Å². The van der Waals surface area contributed by atoms with Gasteiger partial charge in [-0.15, -0.1) is 0 Å². The van der Waals surface area contributed by atoms with Crippen LogP contribution in [0.4, 0.5) is 0 Å². The summed E-state index contributed by atoms with van der Waals surface area (Å²) in [4.78, 5) is 0. The number of hydrogen-bond donors (Lipinski definition) is 0. The number of aromatic nitrogens is 1. The van der Waals surface area contributed by atoms with E-state index in [1.54, 1.807) is 14.2 Å². The summed E-state index contributed by atoms with van der Waals surface area (Å²) >= 11 is 0. The van der Waals surface area contributed by atoms with E-state index in [1.165, 1.54) is 5.56 Å². The van der Waals surface area contributed by atoms with Crippen molar-refractivity contribution in [1.82, 2.24) is 4.57 Å². The van der Waals surface area contributed by atoms with Gasteiger partial charge < -0.3 is 18.5 Å². The van der Waals surface area contributed by atoms with Crippen LogP contribution < -0.4 is 9.47 Å². The van der Waals surface area contributed by atoms with Crippen molar-refractivity contribution in [1.29, 1.82) is 5.26 Å². The molecule has 0 bridgehead atoms. The van der Waals surface area contributed by atoms with Crippen LogP contribution in [0.5, 0.6) is 11.5 Å². The largest absolute Gasteiger partial charge is 0.496 e. The van der Waals surface area contributed by atoms with E-state index in [0.29, 0.717) is 6.42 Å². The molecule has 0 saturated heterocycles. The van der Waals surface area contributed by atoms with Crippen molar-refractivity contribution in [2.45, 2.75) is 84.2 Å². The Bertz CT molecular complexity index is 1210. The lowest BCUT2D eigenvalue weighted by atomic mass is 9.89. The maximum atomic E-state index is 9.20. The van der Waals surface area contributed by atoms with Gasteiger partial charge in [0.25, 0.3) is 0 Å². The highest BCUT2D eigenvalue weighted by Gasteiger charge is 2.41. The van der Waals surface area contributed by atoms with E-state index >= 15 is 0 Å². The number of aryl methyl sites for hydroxylation is 1. The number of rotatable bonds is 13. The fourth-order valence-corrected chi connectivity index (χ4v) is 6.14. The van der Waals surface area contributed by atoms with Gasteiger partial charge in [-0.2, -0.15) is 5.26 Å². The second-order valence-electron chi connectivity index (χ2n) is 12.0. The zero-order chi connectivity index (χ0) is 28.6. The summed E-state index contributed by atoms with van der Waals surface area (Å²) in [5, 5.41) is 9.26. The Hall–Kier alpha value is -3.01. The highest BCUT2D eigenvalue weighted by Crippen LogP contribution is 2.45. The van der Waals surface area contributed by atoms with Gasteiger partial charge in [-0.3, -0.25) is 0 Å². The molecule has 0 radical (unpaired) electrons. The molecule has 0 N–H and O–H groups in total. The first kappa shape index (κ1) is 30.5. The molecule has 5 nitrogen and oxygen atoms in total. The quantitative estimate of drug-likeness (QED) is 0.202. The first-order chi connectivity index (χ1) is 18.5. The third kappa shape index (κ3) is 8.00. The average Bonchev–Trinajstić information content (AvgIpc) is 3.34. The molecule has 39 heavy (non-hydrogen) atoms. The standard InChI is InChI=1S/C33H46N2O3Si/c1-25-30(36-5)21-29(22-31(25)37-6)32(38-39(7,8)33(2,3)4)28(16-12-15-26-13-10-9-11-14-26)24-35-20-18-27(23-35)17-19-34/h9-11,13-14,18,20-23,28,32H,12,15-17,24H2,1-8H3/t28-,32?/m1/s1. The Morgan fingerprint density at radius 1 is 0.974 bits per heavy atom. The van der Waals surface area contributed by atoms with Crippen LogP contribution in [0.2, 0.25) is 18.1 Å². The number of benzene rings is 2. The van der Waals surface area contributed by atoms with E-state index in [2.05, 4.69) is 99.4 Å². The third-order valence-electron chi connectivity index (χ3n) is 8.18. The van der Waals surface area contributed by atoms with Crippen LogP contribution in [-0.4, -0.2) is 27.1 Å². The number of hydrogen-bond acceptors (Lipinski definition) is 4. The molecule has 2 aromatic carbocycles. The summed E-state index contributed by atoms with van der Waals surface area (Å²) in [6.45, 7) is 14.3. The van der Waals surface area contributed by atoms with E-state index in [1.807, 2.05) is 13.0 Å². The second kappa shape index (κ2) is 13.4. The van der Waals surface area contributed by atoms with E-state index in [9.17, 15) is 5.26 Å². The Morgan fingerprint density at radius 2 is 1.62 bits per heavy atom. The highest BCUT2D eigenvalue weighted by atomic mass is 28.4. The monoisotopic (exact) mass is 546 g/mol. The van der Waals surface area contributed by atoms with Crippen LogP contribution >= 0.6 is 0 Å². The summed E-state index contributed by atoms with van der Waals surface area (Å²) in [6.07, 6.45) is 7.56. The molecule has 1 unspecified atom stereocenters. The first-order valence-corrected chi connectivity index (χ1v) is 16.9. The fourth-order valence-electron chi connectivity index (χ4n) is 4.82. The number of nitriles is 1. The van der Waals surface area contributed by atoms with E-state index in [0.717, 1.165) is 54.0 Å². The van der Waals surface area contributed by atoms with E-state index < -0.39 is 8.32 Å². The Kier molecular flexibility index (Phi) is 10.5. The van der Waals surface area contributed by atoms with Gasteiger partial charge in [0, 0.05) is 30.4 Å². The lowest BCUT2D eigenvalue weighted by Crippen LogP contribution is -2.43. The summed E-state index contributed by atoms with van der Waals surface area (Å²) in [5.41, 5.74) is 4.48. The lowest BCUT2D eigenvalue weighted by Gasteiger charge is -2.42. The van der Waals surface area contributed by atoms with Crippen LogP contribution in [0.3, 0.4) is 0 Å².